The highest BCUT2D eigenvalue weighted by Crippen LogP contribution is 2.19. The lowest BCUT2D eigenvalue weighted by Gasteiger charge is -2.37. The molecule has 2 aromatic carbocycles. The maximum atomic E-state index is 12.6. The number of hydrogen-bond acceptors (Lipinski definition) is 2. The predicted octanol–water partition coefficient (Wildman–Crippen LogP) is 3.30. The number of rotatable bonds is 4. The summed E-state index contributed by atoms with van der Waals surface area (Å²) in [5, 5.41) is 0. The largest absolute Gasteiger partial charge is 0.342 e. The van der Waals surface area contributed by atoms with Crippen LogP contribution in [0.15, 0.2) is 54.6 Å². The lowest BCUT2D eigenvalue weighted by Crippen LogP contribution is -2.47. The highest BCUT2D eigenvalue weighted by atomic mass is 16.2. The van der Waals surface area contributed by atoms with Crippen molar-refractivity contribution in [3.8, 4) is 0 Å². The van der Waals surface area contributed by atoms with E-state index in [9.17, 15) is 9.59 Å². The molecular formula is C22H26N2O2. The zero-order chi connectivity index (χ0) is 18.5. The Bertz CT molecular complexity index is 747. The number of hydrogen-bond donors (Lipinski definition) is 0. The molecule has 0 radical (unpaired) electrons. The van der Waals surface area contributed by atoms with E-state index >= 15 is 0 Å². The number of carbonyl (C=O) groups is 2. The minimum atomic E-state index is 0.0849. The van der Waals surface area contributed by atoms with Crippen molar-refractivity contribution < 1.29 is 9.59 Å². The summed E-state index contributed by atoms with van der Waals surface area (Å²) in [6, 6.07) is 17.7. The fourth-order valence-electron chi connectivity index (χ4n) is 3.43. The Balaban J connectivity index is 1.53. The van der Waals surface area contributed by atoms with Gasteiger partial charge in [-0.15, -0.1) is 0 Å². The van der Waals surface area contributed by atoms with E-state index in [4.69, 9.17) is 0 Å². The summed E-state index contributed by atoms with van der Waals surface area (Å²) in [7, 11) is 1.88. The molecule has 1 fully saturated rings. The molecule has 0 aliphatic carbocycles. The minimum Gasteiger partial charge on any atom is -0.342 e. The second-order valence-corrected chi connectivity index (χ2v) is 7.06. The molecule has 0 unspecified atom stereocenters. The average Bonchev–Trinajstić information content (AvgIpc) is 2.68. The lowest BCUT2D eigenvalue weighted by molar-refractivity contribution is -0.131. The Kier molecular flexibility index (Phi) is 5.71. The van der Waals surface area contributed by atoms with Crippen LogP contribution in [-0.4, -0.2) is 47.8 Å². The smallest absolute Gasteiger partial charge is 0.253 e. The Labute approximate surface area is 155 Å². The summed E-state index contributed by atoms with van der Waals surface area (Å²) in [5.74, 6) is 0.223. The van der Waals surface area contributed by atoms with Gasteiger partial charge in [0.1, 0.15) is 0 Å². The standard InChI is InChI=1S/C22H26N2O2/c1-17-8-10-19(11-9-17)22(26)24-14-12-20(13-15-24)23(2)21(25)16-18-6-4-3-5-7-18/h3-11,20H,12-16H2,1-2H3. The number of amides is 2. The highest BCUT2D eigenvalue weighted by molar-refractivity contribution is 5.94. The molecule has 26 heavy (non-hydrogen) atoms. The number of likely N-dealkylation sites (tertiary alicyclic amines) is 1. The zero-order valence-corrected chi connectivity index (χ0v) is 15.5. The van der Waals surface area contributed by atoms with Gasteiger partial charge in [-0.05, 0) is 37.5 Å². The maximum absolute atomic E-state index is 12.6. The normalized spacial score (nSPS) is 14.9. The van der Waals surface area contributed by atoms with Crippen LogP contribution in [0.4, 0.5) is 0 Å². The van der Waals surface area contributed by atoms with Gasteiger partial charge < -0.3 is 9.80 Å². The van der Waals surface area contributed by atoms with Gasteiger partial charge in [-0.2, -0.15) is 0 Å². The van der Waals surface area contributed by atoms with Gasteiger partial charge in [-0.1, -0.05) is 48.0 Å². The van der Waals surface area contributed by atoms with Gasteiger partial charge in [0.15, 0.2) is 0 Å². The molecule has 0 saturated carbocycles. The first-order chi connectivity index (χ1) is 12.5. The number of aryl methyl sites for hydroxylation is 1. The molecule has 1 aliphatic heterocycles. The molecular weight excluding hydrogens is 324 g/mol. The number of nitrogens with zero attached hydrogens (tertiary/aromatic N) is 2. The SMILES string of the molecule is Cc1ccc(C(=O)N2CCC(N(C)C(=O)Cc3ccccc3)CC2)cc1. The quantitative estimate of drug-likeness (QED) is 0.849. The van der Waals surface area contributed by atoms with Gasteiger partial charge in [0.25, 0.3) is 5.91 Å². The molecule has 0 aromatic heterocycles. The first-order valence-corrected chi connectivity index (χ1v) is 9.20. The van der Waals surface area contributed by atoms with Gasteiger partial charge >= 0.3 is 0 Å². The fourth-order valence-corrected chi connectivity index (χ4v) is 3.43. The second kappa shape index (κ2) is 8.17. The summed E-state index contributed by atoms with van der Waals surface area (Å²) < 4.78 is 0. The van der Waals surface area contributed by atoms with Crippen LogP contribution in [-0.2, 0) is 11.2 Å². The third kappa shape index (κ3) is 4.31. The van der Waals surface area contributed by atoms with Crippen molar-refractivity contribution in [3.05, 3.63) is 71.3 Å². The van der Waals surface area contributed by atoms with Crippen molar-refractivity contribution in [2.45, 2.75) is 32.2 Å². The van der Waals surface area contributed by atoms with E-state index in [1.165, 1.54) is 0 Å². The fraction of sp³-hybridized carbons (Fsp3) is 0.364. The Hall–Kier alpha value is -2.62. The molecule has 1 saturated heterocycles. The molecule has 2 aromatic rings. The van der Waals surface area contributed by atoms with Crippen LogP contribution in [0.25, 0.3) is 0 Å². The van der Waals surface area contributed by atoms with Gasteiger partial charge in [0.2, 0.25) is 5.91 Å². The summed E-state index contributed by atoms with van der Waals surface area (Å²) >= 11 is 0. The van der Waals surface area contributed by atoms with Crippen LogP contribution in [0.3, 0.4) is 0 Å². The summed E-state index contributed by atoms with van der Waals surface area (Å²) in [4.78, 5) is 28.9. The first kappa shape index (κ1) is 18.2. The summed E-state index contributed by atoms with van der Waals surface area (Å²) in [5.41, 5.74) is 2.93. The van der Waals surface area contributed by atoms with Gasteiger partial charge in [0, 0.05) is 31.7 Å². The highest BCUT2D eigenvalue weighted by Gasteiger charge is 2.27. The topological polar surface area (TPSA) is 40.6 Å². The number of carbonyl (C=O) groups excluding carboxylic acids is 2. The number of benzene rings is 2. The van der Waals surface area contributed by atoms with E-state index < -0.39 is 0 Å². The van der Waals surface area contributed by atoms with E-state index in [1.807, 2.05) is 78.4 Å². The Morgan fingerprint density at radius 3 is 2.23 bits per heavy atom. The van der Waals surface area contributed by atoms with Crippen molar-refractivity contribution in [1.82, 2.24) is 9.80 Å². The van der Waals surface area contributed by atoms with E-state index in [2.05, 4.69) is 0 Å². The van der Waals surface area contributed by atoms with E-state index in [0.29, 0.717) is 19.5 Å². The van der Waals surface area contributed by atoms with Crippen molar-refractivity contribution in [3.63, 3.8) is 0 Å². The molecule has 0 spiro atoms. The molecule has 136 valence electrons. The minimum absolute atomic E-state index is 0.0849. The van der Waals surface area contributed by atoms with Crippen LogP contribution in [0.5, 0.6) is 0 Å². The average molecular weight is 350 g/mol. The number of likely N-dealkylation sites (N-methyl/N-ethyl adjacent to an activating group) is 1. The monoisotopic (exact) mass is 350 g/mol. The van der Waals surface area contributed by atoms with Gasteiger partial charge in [0.05, 0.1) is 6.42 Å². The molecule has 1 heterocycles. The summed E-state index contributed by atoms with van der Waals surface area (Å²) in [6.45, 7) is 3.41. The molecule has 3 rings (SSSR count). The Morgan fingerprint density at radius 2 is 1.62 bits per heavy atom. The van der Waals surface area contributed by atoms with Gasteiger partial charge in [-0.25, -0.2) is 0 Å². The lowest BCUT2D eigenvalue weighted by atomic mass is 10.0. The van der Waals surface area contributed by atoms with Crippen LogP contribution in [0.2, 0.25) is 0 Å². The van der Waals surface area contributed by atoms with Crippen LogP contribution < -0.4 is 0 Å². The first-order valence-electron chi connectivity index (χ1n) is 9.20. The summed E-state index contributed by atoms with van der Waals surface area (Å²) in [6.07, 6.45) is 2.09. The van der Waals surface area contributed by atoms with Crippen molar-refractivity contribution >= 4 is 11.8 Å². The zero-order valence-electron chi connectivity index (χ0n) is 15.5. The Morgan fingerprint density at radius 1 is 1.00 bits per heavy atom. The second-order valence-electron chi connectivity index (χ2n) is 7.06. The third-order valence-electron chi connectivity index (χ3n) is 5.19. The van der Waals surface area contributed by atoms with E-state index in [-0.39, 0.29) is 17.9 Å². The van der Waals surface area contributed by atoms with Gasteiger partial charge in [-0.3, -0.25) is 9.59 Å². The number of piperidine rings is 1. The molecule has 1 aliphatic rings. The third-order valence-corrected chi connectivity index (χ3v) is 5.19. The van der Waals surface area contributed by atoms with E-state index in [1.54, 1.807) is 0 Å². The van der Waals surface area contributed by atoms with Crippen LogP contribution in [0, 0.1) is 6.92 Å². The van der Waals surface area contributed by atoms with Crippen molar-refractivity contribution in [2.75, 3.05) is 20.1 Å². The maximum Gasteiger partial charge on any atom is 0.253 e. The van der Waals surface area contributed by atoms with Crippen molar-refractivity contribution in [1.29, 1.82) is 0 Å². The molecule has 0 atom stereocenters. The van der Waals surface area contributed by atoms with Crippen LogP contribution in [0.1, 0.15) is 34.3 Å². The van der Waals surface area contributed by atoms with Crippen LogP contribution >= 0.6 is 0 Å². The van der Waals surface area contributed by atoms with E-state index in [0.717, 1.165) is 29.5 Å². The molecule has 0 N–H and O–H groups in total. The van der Waals surface area contributed by atoms with Crippen molar-refractivity contribution in [2.24, 2.45) is 0 Å². The molecule has 2 amide bonds. The molecule has 4 heteroatoms. The molecule has 0 bridgehead atoms. The molecule has 4 nitrogen and oxygen atoms in total. The predicted molar refractivity (Wildman–Crippen MR) is 103 cm³/mol.